The molecular formula is C24H23F5N2O4S. The number of primary amides is 1. The monoisotopic (exact) mass is 530 g/mol. The number of rotatable bonds is 6. The number of sulfone groups is 1. The van der Waals surface area contributed by atoms with Crippen molar-refractivity contribution in [2.24, 2.45) is 11.7 Å². The fraction of sp³-hybridized carbons (Fsp3) is 0.417. The summed E-state index contributed by atoms with van der Waals surface area (Å²) in [4.78, 5) is 27.0. The molecule has 0 radical (unpaired) electrons. The summed E-state index contributed by atoms with van der Waals surface area (Å²) >= 11 is 0. The highest BCUT2D eigenvalue weighted by atomic mass is 32.2. The Morgan fingerprint density at radius 3 is 2.28 bits per heavy atom. The van der Waals surface area contributed by atoms with Gasteiger partial charge < -0.3 is 10.6 Å². The van der Waals surface area contributed by atoms with Gasteiger partial charge in [0.25, 0.3) is 5.91 Å². The fourth-order valence-corrected chi connectivity index (χ4v) is 5.98. The van der Waals surface area contributed by atoms with Crippen LogP contribution in [0.1, 0.15) is 53.1 Å². The molecular weight excluding hydrogens is 507 g/mol. The smallest absolute Gasteiger partial charge is 0.368 e. The first kappa shape index (κ1) is 26.1. The van der Waals surface area contributed by atoms with Crippen LogP contribution in [-0.4, -0.2) is 43.5 Å². The molecule has 2 atom stereocenters. The molecule has 0 unspecified atom stereocenters. The van der Waals surface area contributed by atoms with Crippen molar-refractivity contribution in [1.82, 2.24) is 4.90 Å². The van der Waals surface area contributed by atoms with E-state index in [0.717, 1.165) is 41.5 Å². The second-order valence-corrected chi connectivity index (χ2v) is 11.3. The molecule has 2 aliphatic rings. The summed E-state index contributed by atoms with van der Waals surface area (Å²) in [6.45, 7) is 0.0127. The van der Waals surface area contributed by atoms with Crippen LogP contribution in [0.2, 0.25) is 0 Å². The molecule has 2 amide bonds. The van der Waals surface area contributed by atoms with Crippen molar-refractivity contribution in [3.63, 3.8) is 0 Å². The van der Waals surface area contributed by atoms with E-state index < -0.39 is 61.4 Å². The topological polar surface area (TPSA) is 97.5 Å². The third-order valence-corrected chi connectivity index (χ3v) is 8.05. The van der Waals surface area contributed by atoms with E-state index in [1.807, 2.05) is 0 Å². The van der Waals surface area contributed by atoms with Gasteiger partial charge in [0, 0.05) is 24.3 Å². The maximum atomic E-state index is 15.1. The van der Waals surface area contributed by atoms with E-state index >= 15 is 4.39 Å². The van der Waals surface area contributed by atoms with E-state index in [1.165, 1.54) is 0 Å². The predicted octanol–water partition coefficient (Wildman–Crippen LogP) is 4.04. The number of likely N-dealkylation sites (tertiary alicyclic amines) is 1. The molecule has 1 aliphatic carbocycles. The van der Waals surface area contributed by atoms with Gasteiger partial charge in [0.05, 0.1) is 5.56 Å². The maximum Gasteiger partial charge on any atom is 0.416 e. The summed E-state index contributed by atoms with van der Waals surface area (Å²) in [5.41, 5.74) is 2.50. The Labute approximate surface area is 204 Å². The summed E-state index contributed by atoms with van der Waals surface area (Å²) < 4.78 is 92.5. The van der Waals surface area contributed by atoms with Crippen molar-refractivity contribution in [3.8, 4) is 0 Å². The molecule has 1 heterocycles. The van der Waals surface area contributed by atoms with Crippen LogP contribution < -0.4 is 5.73 Å². The molecule has 0 bridgehead atoms. The second-order valence-electron chi connectivity index (χ2n) is 9.32. The van der Waals surface area contributed by atoms with Crippen LogP contribution in [0, 0.1) is 17.6 Å². The number of alkyl halides is 3. The Hall–Kier alpha value is -3.02. The van der Waals surface area contributed by atoms with Gasteiger partial charge in [0.15, 0.2) is 9.84 Å². The molecule has 0 aromatic heterocycles. The van der Waals surface area contributed by atoms with Gasteiger partial charge in [0.1, 0.15) is 22.1 Å². The molecule has 1 saturated carbocycles. The first-order chi connectivity index (χ1) is 16.7. The average Bonchev–Trinajstić information content (AvgIpc) is 3.50. The number of benzene rings is 2. The van der Waals surface area contributed by atoms with Gasteiger partial charge in [-0.3, -0.25) is 9.59 Å². The van der Waals surface area contributed by atoms with Crippen molar-refractivity contribution in [3.05, 3.63) is 64.7 Å². The number of hydrogen-bond donors (Lipinski definition) is 1. The zero-order valence-corrected chi connectivity index (χ0v) is 19.9. The lowest BCUT2D eigenvalue weighted by Crippen LogP contribution is -2.60. The Balaban J connectivity index is 1.83. The van der Waals surface area contributed by atoms with Crippen molar-refractivity contribution < 1.29 is 40.0 Å². The van der Waals surface area contributed by atoms with E-state index in [2.05, 4.69) is 0 Å². The van der Waals surface area contributed by atoms with Gasteiger partial charge in [-0.2, -0.15) is 13.2 Å². The summed E-state index contributed by atoms with van der Waals surface area (Å²) in [5, 5.41) is 0. The first-order valence-corrected chi connectivity index (χ1v) is 13.0. The number of hydrogen-bond acceptors (Lipinski definition) is 4. The summed E-state index contributed by atoms with van der Waals surface area (Å²) in [7, 11) is -4.02. The number of halogens is 5. The number of carbonyl (C=O) groups is 2. The van der Waals surface area contributed by atoms with Crippen LogP contribution >= 0.6 is 0 Å². The van der Waals surface area contributed by atoms with Gasteiger partial charge in [0.2, 0.25) is 5.91 Å². The number of carbonyl (C=O) groups excluding carboxylic acids is 2. The Morgan fingerprint density at radius 1 is 1.08 bits per heavy atom. The zero-order chi connectivity index (χ0) is 26.6. The van der Waals surface area contributed by atoms with Gasteiger partial charge >= 0.3 is 6.18 Å². The second kappa shape index (κ2) is 8.82. The highest BCUT2D eigenvalue weighted by Gasteiger charge is 2.59. The quantitative estimate of drug-likeness (QED) is 0.570. The molecule has 194 valence electrons. The highest BCUT2D eigenvalue weighted by molar-refractivity contribution is 7.90. The lowest BCUT2D eigenvalue weighted by Gasteiger charge is -2.43. The van der Waals surface area contributed by atoms with E-state index in [1.54, 1.807) is 0 Å². The summed E-state index contributed by atoms with van der Waals surface area (Å²) in [6, 6.07) is 4.82. The van der Waals surface area contributed by atoms with E-state index in [4.69, 9.17) is 5.73 Å². The lowest BCUT2D eigenvalue weighted by molar-refractivity contribution is -0.138. The molecule has 2 aromatic rings. The third kappa shape index (κ3) is 4.46. The van der Waals surface area contributed by atoms with Crippen LogP contribution in [0.3, 0.4) is 0 Å². The Bertz CT molecular complexity index is 1340. The molecule has 0 spiro atoms. The lowest BCUT2D eigenvalue weighted by atomic mass is 9.73. The van der Waals surface area contributed by atoms with Crippen LogP contribution in [0.15, 0.2) is 41.3 Å². The molecule has 4 rings (SSSR count). The fourth-order valence-electron chi connectivity index (χ4n) is 5.22. The van der Waals surface area contributed by atoms with Crippen LogP contribution in [0.5, 0.6) is 0 Å². The van der Waals surface area contributed by atoms with E-state index in [-0.39, 0.29) is 30.0 Å². The van der Waals surface area contributed by atoms with Crippen molar-refractivity contribution in [1.29, 1.82) is 0 Å². The van der Waals surface area contributed by atoms with Crippen molar-refractivity contribution in [2.75, 3.05) is 12.8 Å². The van der Waals surface area contributed by atoms with Gasteiger partial charge in [-0.25, -0.2) is 17.2 Å². The number of amides is 2. The molecule has 2 N–H and O–H groups in total. The van der Waals surface area contributed by atoms with E-state index in [9.17, 15) is 35.6 Å². The minimum Gasteiger partial charge on any atom is -0.368 e. The maximum absolute atomic E-state index is 15.1. The first-order valence-electron chi connectivity index (χ1n) is 11.2. The molecule has 36 heavy (non-hydrogen) atoms. The van der Waals surface area contributed by atoms with Gasteiger partial charge in [-0.15, -0.1) is 0 Å². The molecule has 6 nitrogen and oxygen atoms in total. The van der Waals surface area contributed by atoms with Crippen molar-refractivity contribution >= 4 is 21.7 Å². The largest absolute Gasteiger partial charge is 0.416 e. The average molecular weight is 531 g/mol. The number of nitrogens with zero attached hydrogens (tertiary/aromatic N) is 1. The van der Waals surface area contributed by atoms with Crippen molar-refractivity contribution in [2.45, 2.75) is 48.2 Å². The van der Waals surface area contributed by atoms with Crippen LogP contribution in [-0.2, 0) is 20.8 Å². The van der Waals surface area contributed by atoms with Crippen LogP contribution in [0.25, 0.3) is 0 Å². The molecule has 2 fully saturated rings. The summed E-state index contributed by atoms with van der Waals surface area (Å²) in [5.74, 6) is -5.30. The molecule has 1 aliphatic heterocycles. The standard InChI is InChI=1S/C24H23F5N2O4S/c1-36(34,35)19-11-14(5-8-17(19)25)21(32)31-10-2-9-23(31,22(30)33)20(13-3-4-13)16-7-6-15(12-18(16)26)24(27,28)29/h5-8,11-13,20H,2-4,9-10H2,1H3,(H2,30,33)/t20-,23+/m1/s1. The molecule has 1 saturated heterocycles. The molecule has 2 aromatic carbocycles. The minimum absolute atomic E-state index is 0.0127. The third-order valence-electron chi connectivity index (χ3n) is 6.94. The summed E-state index contributed by atoms with van der Waals surface area (Å²) in [6.07, 6.45) is -2.56. The minimum atomic E-state index is -4.77. The van der Waals surface area contributed by atoms with Gasteiger partial charge in [-0.05, 0) is 67.5 Å². The number of nitrogens with two attached hydrogens (primary N) is 1. The zero-order valence-electron chi connectivity index (χ0n) is 19.1. The Kier molecular flexibility index (Phi) is 6.39. The Morgan fingerprint density at radius 2 is 1.75 bits per heavy atom. The van der Waals surface area contributed by atoms with Gasteiger partial charge in [-0.1, -0.05) is 6.07 Å². The predicted molar refractivity (Wildman–Crippen MR) is 119 cm³/mol. The SMILES string of the molecule is CS(=O)(=O)c1cc(C(=O)N2CCC[C@@]2(C(N)=O)[C@@H](c2ccc(C(F)(F)F)cc2F)C2CC2)ccc1F. The van der Waals surface area contributed by atoms with E-state index in [0.29, 0.717) is 25.3 Å². The highest BCUT2D eigenvalue weighted by Crippen LogP contribution is 2.54. The molecule has 12 heteroatoms. The normalized spacial score (nSPS) is 21.4. The van der Waals surface area contributed by atoms with Crippen LogP contribution in [0.4, 0.5) is 22.0 Å².